The minimum absolute atomic E-state index is 0.380. The number of nitrogens with zero attached hydrogens (tertiary/aromatic N) is 1. The molecule has 1 rings (SSSR count). The molecule has 1 aliphatic carbocycles. The number of rotatable bonds is 9. The second kappa shape index (κ2) is 9.84. The van der Waals surface area contributed by atoms with Crippen LogP contribution in [-0.4, -0.2) is 37.6 Å². The fourth-order valence-corrected chi connectivity index (χ4v) is 4.37. The van der Waals surface area contributed by atoms with E-state index in [1.165, 1.54) is 70.6 Å². The molecule has 2 unspecified atom stereocenters. The van der Waals surface area contributed by atoms with Crippen LogP contribution in [0.4, 0.5) is 0 Å². The molecule has 1 saturated carbocycles. The van der Waals surface area contributed by atoms with Crippen molar-refractivity contribution in [2.24, 2.45) is 5.92 Å². The molecule has 0 bridgehead atoms. The van der Waals surface area contributed by atoms with E-state index in [4.69, 9.17) is 0 Å². The van der Waals surface area contributed by atoms with Gasteiger partial charge < -0.3 is 10.2 Å². The zero-order chi connectivity index (χ0) is 15.7. The van der Waals surface area contributed by atoms with Gasteiger partial charge in [-0.15, -0.1) is 0 Å². The highest BCUT2D eigenvalue weighted by Crippen LogP contribution is 2.37. The van der Waals surface area contributed by atoms with Crippen LogP contribution in [0.15, 0.2) is 0 Å². The van der Waals surface area contributed by atoms with Crippen LogP contribution in [0.5, 0.6) is 0 Å². The number of unbranched alkanes of at least 4 members (excludes halogenated alkanes) is 1. The van der Waals surface area contributed by atoms with Gasteiger partial charge in [0.25, 0.3) is 0 Å². The molecular formula is C19H40N2. The van der Waals surface area contributed by atoms with Crippen LogP contribution in [-0.2, 0) is 0 Å². The molecule has 2 atom stereocenters. The number of nitrogens with one attached hydrogen (secondary N) is 1. The molecule has 0 saturated heterocycles. The summed E-state index contributed by atoms with van der Waals surface area (Å²) in [6.45, 7) is 4.69. The van der Waals surface area contributed by atoms with Gasteiger partial charge in [0, 0.05) is 11.6 Å². The highest BCUT2D eigenvalue weighted by atomic mass is 15.2. The van der Waals surface area contributed by atoms with Gasteiger partial charge >= 0.3 is 0 Å². The molecule has 0 aromatic rings. The van der Waals surface area contributed by atoms with Crippen LogP contribution in [0.3, 0.4) is 0 Å². The third kappa shape index (κ3) is 5.25. The molecule has 0 aliphatic heterocycles. The first kappa shape index (κ1) is 19.0. The molecule has 0 radical (unpaired) electrons. The van der Waals surface area contributed by atoms with E-state index in [-0.39, 0.29) is 0 Å². The van der Waals surface area contributed by atoms with Crippen LogP contribution in [0.2, 0.25) is 0 Å². The van der Waals surface area contributed by atoms with Crippen LogP contribution < -0.4 is 5.32 Å². The summed E-state index contributed by atoms with van der Waals surface area (Å²) in [6.07, 6.45) is 15.2. The minimum Gasteiger partial charge on any atom is -0.315 e. The predicted octanol–water partition coefficient (Wildman–Crippen LogP) is 4.84. The van der Waals surface area contributed by atoms with Gasteiger partial charge in [-0.1, -0.05) is 65.2 Å². The van der Waals surface area contributed by atoms with Gasteiger partial charge in [0.2, 0.25) is 0 Å². The van der Waals surface area contributed by atoms with Crippen LogP contribution in [0.25, 0.3) is 0 Å². The highest BCUT2D eigenvalue weighted by Gasteiger charge is 2.40. The van der Waals surface area contributed by atoms with E-state index < -0.39 is 0 Å². The van der Waals surface area contributed by atoms with Crippen molar-refractivity contribution < 1.29 is 0 Å². The fourth-order valence-electron chi connectivity index (χ4n) is 4.37. The van der Waals surface area contributed by atoms with Crippen molar-refractivity contribution in [1.82, 2.24) is 10.2 Å². The molecule has 0 aromatic carbocycles. The highest BCUT2D eigenvalue weighted by molar-refractivity contribution is 5.00. The first-order chi connectivity index (χ1) is 10.1. The Morgan fingerprint density at radius 2 is 1.67 bits per heavy atom. The van der Waals surface area contributed by atoms with E-state index in [0.29, 0.717) is 11.6 Å². The topological polar surface area (TPSA) is 15.3 Å². The van der Waals surface area contributed by atoms with Crippen molar-refractivity contribution in [2.75, 3.05) is 21.1 Å². The third-order valence-corrected chi connectivity index (χ3v) is 5.97. The zero-order valence-corrected chi connectivity index (χ0v) is 15.4. The van der Waals surface area contributed by atoms with Crippen molar-refractivity contribution in [2.45, 2.75) is 96.1 Å². The first-order valence-electron chi connectivity index (χ1n) is 9.45. The molecule has 1 fully saturated rings. The van der Waals surface area contributed by atoms with E-state index in [0.717, 1.165) is 5.92 Å². The van der Waals surface area contributed by atoms with Crippen molar-refractivity contribution >= 4 is 0 Å². The molecule has 0 heterocycles. The Labute approximate surface area is 134 Å². The molecule has 0 aromatic heterocycles. The maximum atomic E-state index is 3.72. The number of hydrogen-bond donors (Lipinski definition) is 1. The lowest BCUT2D eigenvalue weighted by atomic mass is 9.76. The molecule has 2 heteroatoms. The third-order valence-electron chi connectivity index (χ3n) is 5.97. The summed E-state index contributed by atoms with van der Waals surface area (Å²) in [6, 6.07) is 0.646. The van der Waals surface area contributed by atoms with E-state index in [1.807, 2.05) is 0 Å². The van der Waals surface area contributed by atoms with E-state index in [1.54, 1.807) is 0 Å². The largest absolute Gasteiger partial charge is 0.315 e. The fraction of sp³-hybridized carbons (Fsp3) is 1.00. The maximum absolute atomic E-state index is 3.72. The van der Waals surface area contributed by atoms with Crippen molar-refractivity contribution in [1.29, 1.82) is 0 Å². The second-order valence-electron chi connectivity index (χ2n) is 7.41. The van der Waals surface area contributed by atoms with Gasteiger partial charge in [0.1, 0.15) is 0 Å². The predicted molar refractivity (Wildman–Crippen MR) is 94.9 cm³/mol. The lowest BCUT2D eigenvalue weighted by Crippen LogP contribution is -2.58. The summed E-state index contributed by atoms with van der Waals surface area (Å²) in [7, 11) is 6.80. The zero-order valence-electron chi connectivity index (χ0n) is 15.4. The van der Waals surface area contributed by atoms with Gasteiger partial charge in [-0.25, -0.2) is 0 Å². The van der Waals surface area contributed by atoms with Crippen molar-refractivity contribution in [3.05, 3.63) is 0 Å². The Bertz CT molecular complexity index is 254. The molecule has 2 nitrogen and oxygen atoms in total. The van der Waals surface area contributed by atoms with Gasteiger partial charge in [0.05, 0.1) is 0 Å². The quantitative estimate of drug-likeness (QED) is 0.613. The van der Waals surface area contributed by atoms with Gasteiger partial charge in [-0.3, -0.25) is 0 Å². The Balaban J connectivity index is 2.80. The Hall–Kier alpha value is -0.0800. The Morgan fingerprint density at radius 3 is 2.10 bits per heavy atom. The summed E-state index contributed by atoms with van der Waals surface area (Å²) in [4.78, 5) is 2.55. The molecule has 1 N–H and O–H groups in total. The van der Waals surface area contributed by atoms with Crippen LogP contribution in [0, 0.1) is 5.92 Å². The lowest BCUT2D eigenvalue weighted by molar-refractivity contribution is 0.0704. The first-order valence-corrected chi connectivity index (χ1v) is 9.45. The number of hydrogen-bond acceptors (Lipinski definition) is 2. The molecular weight excluding hydrogens is 256 g/mol. The molecule has 0 amide bonds. The summed E-state index contributed by atoms with van der Waals surface area (Å²) in [5.41, 5.74) is 0.380. The minimum atomic E-state index is 0.380. The standard InChI is InChI=1S/C19H40N2/c1-6-8-13-17(7-2)16-18(20-3)19(21(4)5)14-11-9-10-12-15-19/h17-18,20H,6-16H2,1-5H3. The Morgan fingerprint density at radius 1 is 1.05 bits per heavy atom. The Kier molecular flexibility index (Phi) is 8.89. The summed E-state index contributed by atoms with van der Waals surface area (Å²) >= 11 is 0. The van der Waals surface area contributed by atoms with E-state index >= 15 is 0 Å². The monoisotopic (exact) mass is 296 g/mol. The molecule has 21 heavy (non-hydrogen) atoms. The average Bonchev–Trinajstić information content (AvgIpc) is 2.74. The average molecular weight is 297 g/mol. The van der Waals surface area contributed by atoms with Gasteiger partial charge in [0.15, 0.2) is 0 Å². The van der Waals surface area contributed by atoms with Gasteiger partial charge in [-0.2, -0.15) is 0 Å². The summed E-state index contributed by atoms with van der Waals surface area (Å²) in [5, 5.41) is 3.72. The summed E-state index contributed by atoms with van der Waals surface area (Å²) < 4.78 is 0. The molecule has 1 aliphatic rings. The molecule has 0 spiro atoms. The molecule has 126 valence electrons. The van der Waals surface area contributed by atoms with Gasteiger partial charge in [-0.05, 0) is 46.3 Å². The van der Waals surface area contributed by atoms with Crippen molar-refractivity contribution in [3.8, 4) is 0 Å². The SMILES string of the molecule is CCCCC(CC)CC(NC)C1(N(C)C)CCCCCC1. The van der Waals surface area contributed by atoms with Crippen molar-refractivity contribution in [3.63, 3.8) is 0 Å². The maximum Gasteiger partial charge on any atom is 0.0356 e. The smallest absolute Gasteiger partial charge is 0.0356 e. The summed E-state index contributed by atoms with van der Waals surface area (Å²) in [5.74, 6) is 0.891. The second-order valence-corrected chi connectivity index (χ2v) is 7.41. The van der Waals surface area contributed by atoms with Crippen LogP contribution >= 0.6 is 0 Å². The van der Waals surface area contributed by atoms with E-state index in [2.05, 4.69) is 45.2 Å². The normalized spacial score (nSPS) is 22.0. The van der Waals surface area contributed by atoms with Crippen LogP contribution in [0.1, 0.15) is 84.5 Å². The number of likely N-dealkylation sites (N-methyl/N-ethyl adjacent to an activating group) is 2. The van der Waals surface area contributed by atoms with E-state index in [9.17, 15) is 0 Å². The lowest BCUT2D eigenvalue weighted by Gasteiger charge is -2.47.